The maximum absolute atomic E-state index is 11.9. The van der Waals surface area contributed by atoms with Crippen molar-refractivity contribution in [3.8, 4) is 0 Å². The lowest BCUT2D eigenvalue weighted by molar-refractivity contribution is -0.206. The minimum absolute atomic E-state index is 0.272. The largest absolute Gasteiger partial charge is 0.473 e. The number of cyclic esters (lactones) is 1. The van der Waals surface area contributed by atoms with Crippen molar-refractivity contribution >= 4 is 27.9 Å². The zero-order valence-electron chi connectivity index (χ0n) is 15.3. The van der Waals surface area contributed by atoms with E-state index < -0.39 is 83.7 Å². The number of aldehydes is 1. The maximum Gasteiger partial charge on any atom is 0.473 e. The summed E-state index contributed by atoms with van der Waals surface area (Å²) in [6.07, 6.45) is -17.2. The summed E-state index contributed by atoms with van der Waals surface area (Å²) in [5.74, 6) is -1.36. The van der Waals surface area contributed by atoms with Crippen LogP contribution in [0.2, 0.25) is 0 Å². The van der Waals surface area contributed by atoms with Crippen LogP contribution in [-0.4, -0.2) is 120 Å². The molecule has 0 aromatic heterocycles. The minimum Gasteiger partial charge on any atom is -0.455 e. The molecule has 31 heavy (non-hydrogen) atoms. The summed E-state index contributed by atoms with van der Waals surface area (Å²) in [6, 6.07) is 0. The fourth-order valence-electron chi connectivity index (χ4n) is 2.18. The number of hydrogen-bond acceptors (Lipinski definition) is 14. The Bertz CT molecular complexity index is 709. The SMILES string of the molecule is O=C[C@H](OP(=O)(O)OC[C@H]1OC(=O)[C@H](O)[C@@H](O)[C@@H]1O)[C@@H](O)[C@H](O)[C@H](O)COP(=O)(O)O. The monoisotopic (exact) mass is 500 g/mol. The van der Waals surface area contributed by atoms with Gasteiger partial charge in [-0.15, -0.1) is 0 Å². The molecule has 0 spiro atoms. The molecule has 1 unspecified atom stereocenters. The van der Waals surface area contributed by atoms with Crippen molar-refractivity contribution in [2.24, 2.45) is 0 Å². The third-order valence-electron chi connectivity index (χ3n) is 3.85. The summed E-state index contributed by atoms with van der Waals surface area (Å²) in [4.78, 5) is 49.0. The van der Waals surface area contributed by atoms with Gasteiger partial charge in [0, 0.05) is 0 Å². The van der Waals surface area contributed by atoms with Crippen LogP contribution < -0.4 is 0 Å². The van der Waals surface area contributed by atoms with E-state index in [1.54, 1.807) is 0 Å². The van der Waals surface area contributed by atoms with Gasteiger partial charge in [-0.2, -0.15) is 0 Å². The number of hydrogen-bond donors (Lipinski definition) is 9. The number of ether oxygens (including phenoxy) is 1. The molecule has 1 rings (SSSR count). The van der Waals surface area contributed by atoms with E-state index in [0.29, 0.717) is 0 Å². The molecule has 17 nitrogen and oxygen atoms in total. The van der Waals surface area contributed by atoms with Gasteiger partial charge >= 0.3 is 21.6 Å². The molecule has 9 atom stereocenters. The molecule has 0 aliphatic carbocycles. The Morgan fingerprint density at radius 3 is 2.10 bits per heavy atom. The molecule has 1 aliphatic heterocycles. The molecule has 0 aromatic rings. The highest BCUT2D eigenvalue weighted by Crippen LogP contribution is 2.45. The quantitative estimate of drug-likeness (QED) is 0.0687. The average molecular weight is 500 g/mol. The first-order valence-corrected chi connectivity index (χ1v) is 11.2. The summed E-state index contributed by atoms with van der Waals surface area (Å²) in [7, 11) is -10.3. The van der Waals surface area contributed by atoms with Crippen molar-refractivity contribution in [3.63, 3.8) is 0 Å². The Morgan fingerprint density at radius 1 is 1.00 bits per heavy atom. The number of carbonyl (C=O) groups is 2. The fraction of sp³-hybridized carbons (Fsp3) is 0.833. The van der Waals surface area contributed by atoms with E-state index in [0.717, 1.165) is 0 Å². The molecule has 0 aromatic carbocycles. The Kier molecular flexibility index (Phi) is 10.3. The molecular formula is C12H22O17P2. The minimum atomic E-state index is -5.27. The number of rotatable bonds is 12. The van der Waals surface area contributed by atoms with E-state index in [-0.39, 0.29) is 6.29 Å². The Hall–Kier alpha value is -0.880. The van der Waals surface area contributed by atoms with Crippen molar-refractivity contribution < 1.29 is 82.3 Å². The van der Waals surface area contributed by atoms with Gasteiger partial charge in [0.05, 0.1) is 13.2 Å². The van der Waals surface area contributed by atoms with Crippen LogP contribution in [0.1, 0.15) is 0 Å². The van der Waals surface area contributed by atoms with Crippen LogP contribution in [0.4, 0.5) is 0 Å². The van der Waals surface area contributed by atoms with Crippen molar-refractivity contribution in [2.75, 3.05) is 13.2 Å². The van der Waals surface area contributed by atoms with E-state index in [4.69, 9.17) is 9.79 Å². The normalized spacial score (nSPS) is 30.5. The first-order chi connectivity index (χ1) is 14.1. The van der Waals surface area contributed by atoms with E-state index in [2.05, 4.69) is 18.3 Å². The molecule has 9 N–H and O–H groups in total. The van der Waals surface area contributed by atoms with Crippen molar-refractivity contribution in [3.05, 3.63) is 0 Å². The molecule has 0 amide bonds. The van der Waals surface area contributed by atoms with Crippen LogP contribution in [0, 0.1) is 0 Å². The third-order valence-corrected chi connectivity index (χ3v) is 5.32. The summed E-state index contributed by atoms with van der Waals surface area (Å²) < 4.78 is 39.7. The lowest BCUT2D eigenvalue weighted by Crippen LogP contribution is -2.56. The van der Waals surface area contributed by atoms with Gasteiger partial charge in [-0.1, -0.05) is 0 Å². The van der Waals surface area contributed by atoms with Gasteiger partial charge in [0.1, 0.15) is 30.5 Å². The Balaban J connectivity index is 2.69. The van der Waals surface area contributed by atoms with Crippen molar-refractivity contribution in [1.82, 2.24) is 0 Å². The van der Waals surface area contributed by atoms with Crippen molar-refractivity contribution in [2.45, 2.75) is 48.8 Å². The number of phosphoric ester groups is 2. The third kappa shape index (κ3) is 8.53. The predicted octanol–water partition coefficient (Wildman–Crippen LogP) is -5.11. The van der Waals surface area contributed by atoms with Crippen molar-refractivity contribution in [1.29, 1.82) is 0 Å². The van der Waals surface area contributed by atoms with Crippen LogP contribution >= 0.6 is 15.6 Å². The highest BCUT2D eigenvalue weighted by molar-refractivity contribution is 7.47. The van der Waals surface area contributed by atoms with Gasteiger partial charge in [0.25, 0.3) is 0 Å². The van der Waals surface area contributed by atoms with Gasteiger partial charge in [-0.25, -0.2) is 13.9 Å². The Labute approximate surface area is 173 Å². The second-order valence-electron chi connectivity index (χ2n) is 6.21. The molecular weight excluding hydrogens is 478 g/mol. The van der Waals surface area contributed by atoms with Crippen LogP contribution in [0.3, 0.4) is 0 Å². The first kappa shape index (κ1) is 28.2. The van der Waals surface area contributed by atoms with Gasteiger partial charge < -0.3 is 54.9 Å². The summed E-state index contributed by atoms with van der Waals surface area (Å²) in [5.41, 5.74) is 0. The fourth-order valence-corrected chi connectivity index (χ4v) is 3.41. The van der Waals surface area contributed by atoms with E-state index in [1.807, 2.05) is 0 Å². The van der Waals surface area contributed by atoms with E-state index in [9.17, 15) is 54.3 Å². The van der Waals surface area contributed by atoms with Gasteiger partial charge in [-0.3, -0.25) is 13.6 Å². The number of aliphatic hydroxyl groups is 6. The molecule has 182 valence electrons. The van der Waals surface area contributed by atoms with Crippen LogP contribution in [-0.2, 0) is 37.0 Å². The first-order valence-electron chi connectivity index (χ1n) is 8.19. The van der Waals surface area contributed by atoms with Gasteiger partial charge in [0.15, 0.2) is 24.6 Å². The predicted molar refractivity (Wildman–Crippen MR) is 90.6 cm³/mol. The Morgan fingerprint density at radius 2 is 1.58 bits per heavy atom. The summed E-state index contributed by atoms with van der Waals surface area (Å²) in [5, 5.41) is 57.5. The van der Waals surface area contributed by atoms with Crippen LogP contribution in [0.5, 0.6) is 0 Å². The smallest absolute Gasteiger partial charge is 0.455 e. The van der Waals surface area contributed by atoms with Crippen LogP contribution in [0.15, 0.2) is 0 Å². The molecule has 1 aliphatic rings. The van der Waals surface area contributed by atoms with Gasteiger partial charge in [0.2, 0.25) is 0 Å². The average Bonchev–Trinajstić information content (AvgIpc) is 2.68. The lowest BCUT2D eigenvalue weighted by atomic mass is 10.0. The topological polar surface area (TPSA) is 287 Å². The second kappa shape index (κ2) is 11.3. The second-order valence-corrected chi connectivity index (χ2v) is 8.85. The van der Waals surface area contributed by atoms with Gasteiger partial charge in [-0.05, 0) is 0 Å². The molecule has 1 saturated heterocycles. The number of carbonyl (C=O) groups excluding carboxylic acids is 2. The molecule has 0 radical (unpaired) electrons. The summed E-state index contributed by atoms with van der Waals surface area (Å²) >= 11 is 0. The number of aliphatic hydroxyl groups excluding tert-OH is 6. The maximum atomic E-state index is 11.9. The molecule has 0 saturated carbocycles. The molecule has 1 fully saturated rings. The zero-order valence-corrected chi connectivity index (χ0v) is 17.1. The highest BCUT2D eigenvalue weighted by atomic mass is 31.2. The zero-order chi connectivity index (χ0) is 24.1. The van der Waals surface area contributed by atoms with E-state index >= 15 is 0 Å². The number of esters is 1. The molecule has 1 heterocycles. The lowest BCUT2D eigenvalue weighted by Gasteiger charge is -2.34. The summed E-state index contributed by atoms with van der Waals surface area (Å²) in [6.45, 7) is -2.27. The van der Waals surface area contributed by atoms with E-state index in [1.165, 1.54) is 0 Å². The highest BCUT2D eigenvalue weighted by Gasteiger charge is 2.45. The molecule has 19 heteroatoms. The van der Waals surface area contributed by atoms with Crippen LogP contribution in [0.25, 0.3) is 0 Å². The standard InChI is InChI=1S/C12H22O17P2/c13-1-5(8(16)7(15)4(14)2-26-30(21,22)23)29-31(24,25)27-3-6-9(17)10(18)11(19)12(20)28-6/h1,4-11,14-19H,2-3H2,(H,24,25)(H2,21,22,23)/t4-,5+,6-,7-,8-,9-,10+,11-/m1/s1. The number of phosphoric acid groups is 2. The molecule has 0 bridgehead atoms.